The molecule has 0 fully saturated rings. The molecule has 0 aliphatic rings. The van der Waals surface area contributed by atoms with Crippen LogP contribution in [0.1, 0.15) is 5.82 Å². The maximum Gasteiger partial charge on any atom is 0.156 e. The second-order valence-corrected chi connectivity index (χ2v) is 4.86. The van der Waals surface area contributed by atoms with Gasteiger partial charge in [0.2, 0.25) is 0 Å². The summed E-state index contributed by atoms with van der Waals surface area (Å²) in [6, 6.07) is 8.10. The predicted octanol–water partition coefficient (Wildman–Crippen LogP) is 3.57. The van der Waals surface area contributed by atoms with Gasteiger partial charge < -0.3 is 4.74 Å². The summed E-state index contributed by atoms with van der Waals surface area (Å²) in [4.78, 5) is 8.74. The van der Waals surface area contributed by atoms with Crippen LogP contribution in [0.5, 0.6) is 0 Å². The van der Waals surface area contributed by atoms with Gasteiger partial charge in [0.05, 0.1) is 0 Å². The zero-order valence-electron chi connectivity index (χ0n) is 9.56. The average Bonchev–Trinajstić information content (AvgIpc) is 2.32. The Morgan fingerprint density at radius 3 is 2.83 bits per heavy atom. The van der Waals surface area contributed by atoms with Gasteiger partial charge >= 0.3 is 0 Å². The molecule has 2 rings (SSSR count). The molecule has 1 aromatic heterocycles. The van der Waals surface area contributed by atoms with Crippen molar-refractivity contribution in [1.29, 1.82) is 0 Å². The molecule has 1 heterocycles. The highest BCUT2D eigenvalue weighted by Crippen LogP contribution is 2.29. The zero-order valence-corrected chi connectivity index (χ0v) is 11.1. The van der Waals surface area contributed by atoms with Crippen LogP contribution in [0.4, 0.5) is 4.39 Å². The van der Waals surface area contributed by atoms with E-state index in [1.165, 1.54) is 17.8 Å². The molecule has 0 radical (unpaired) electrons. The van der Waals surface area contributed by atoms with Crippen molar-refractivity contribution in [2.24, 2.45) is 0 Å². The van der Waals surface area contributed by atoms with E-state index in [1.807, 2.05) is 0 Å². The first-order chi connectivity index (χ1) is 8.69. The van der Waals surface area contributed by atoms with Gasteiger partial charge in [-0.15, -0.1) is 0 Å². The molecule has 0 aliphatic heterocycles. The molecule has 1 aromatic carbocycles. The van der Waals surface area contributed by atoms with E-state index < -0.39 is 0 Å². The minimum absolute atomic E-state index is 0.269. The lowest BCUT2D eigenvalue weighted by Gasteiger charge is -2.05. The van der Waals surface area contributed by atoms with E-state index in [4.69, 9.17) is 16.3 Å². The van der Waals surface area contributed by atoms with E-state index in [9.17, 15) is 4.39 Å². The third kappa shape index (κ3) is 3.41. The van der Waals surface area contributed by atoms with Crippen molar-refractivity contribution < 1.29 is 9.13 Å². The first-order valence-corrected chi connectivity index (χ1v) is 6.33. The first-order valence-electron chi connectivity index (χ1n) is 5.14. The summed E-state index contributed by atoms with van der Waals surface area (Å²) in [7, 11) is 1.55. The lowest BCUT2D eigenvalue weighted by molar-refractivity contribution is 0.177. The number of ether oxygens (including phenoxy) is 1. The highest BCUT2D eigenvalue weighted by molar-refractivity contribution is 7.99. The fourth-order valence-electron chi connectivity index (χ4n) is 1.33. The molecule has 0 unspecified atom stereocenters. The second kappa shape index (κ2) is 6.13. The highest BCUT2D eigenvalue weighted by atomic mass is 35.5. The van der Waals surface area contributed by atoms with Crippen molar-refractivity contribution in [1.82, 2.24) is 9.97 Å². The maximum absolute atomic E-state index is 13.5. The summed E-state index contributed by atoms with van der Waals surface area (Å²) >= 11 is 7.08. The quantitative estimate of drug-likeness (QED) is 0.804. The molecule has 0 amide bonds. The van der Waals surface area contributed by atoms with Gasteiger partial charge in [0.25, 0.3) is 0 Å². The largest absolute Gasteiger partial charge is 0.377 e. The van der Waals surface area contributed by atoms with Gasteiger partial charge in [-0.05, 0) is 12.1 Å². The Morgan fingerprint density at radius 2 is 2.11 bits per heavy atom. The van der Waals surface area contributed by atoms with Crippen LogP contribution in [-0.2, 0) is 11.3 Å². The van der Waals surface area contributed by atoms with Crippen LogP contribution in [0.2, 0.25) is 5.15 Å². The minimum Gasteiger partial charge on any atom is -0.377 e. The molecule has 18 heavy (non-hydrogen) atoms. The van der Waals surface area contributed by atoms with Crippen LogP contribution < -0.4 is 0 Å². The van der Waals surface area contributed by atoms with E-state index in [0.29, 0.717) is 20.9 Å². The molecule has 6 heteroatoms. The number of rotatable bonds is 4. The molecule has 0 aliphatic carbocycles. The number of benzene rings is 1. The van der Waals surface area contributed by atoms with Crippen LogP contribution in [0.3, 0.4) is 0 Å². The lowest BCUT2D eigenvalue weighted by Crippen LogP contribution is -1.98. The van der Waals surface area contributed by atoms with Gasteiger partial charge in [-0.2, -0.15) is 0 Å². The van der Waals surface area contributed by atoms with Gasteiger partial charge in [0.15, 0.2) is 5.82 Å². The molecule has 0 spiro atoms. The van der Waals surface area contributed by atoms with Crippen LogP contribution in [-0.4, -0.2) is 17.1 Å². The smallest absolute Gasteiger partial charge is 0.156 e. The Morgan fingerprint density at radius 1 is 1.33 bits per heavy atom. The molecule has 0 bridgehead atoms. The third-order valence-electron chi connectivity index (χ3n) is 2.04. The fourth-order valence-corrected chi connectivity index (χ4v) is 2.45. The van der Waals surface area contributed by atoms with Crippen molar-refractivity contribution in [3.8, 4) is 0 Å². The van der Waals surface area contributed by atoms with Gasteiger partial charge in [-0.3, -0.25) is 0 Å². The van der Waals surface area contributed by atoms with Crippen LogP contribution in [0.25, 0.3) is 0 Å². The third-order valence-corrected chi connectivity index (χ3v) is 3.21. The summed E-state index contributed by atoms with van der Waals surface area (Å²) in [5.74, 6) is 0.189. The minimum atomic E-state index is -0.287. The number of hydrogen-bond donors (Lipinski definition) is 0. The van der Waals surface area contributed by atoms with E-state index in [0.717, 1.165) is 0 Å². The number of halogens is 2. The standard InChI is InChI=1S/C12H10ClFN2OS/c1-17-7-11-15-10(13)6-12(16-11)18-9-5-3-2-4-8(9)14/h2-6H,7H2,1H3. The van der Waals surface area contributed by atoms with E-state index in [1.54, 1.807) is 31.4 Å². The second-order valence-electron chi connectivity index (χ2n) is 3.41. The van der Waals surface area contributed by atoms with Crippen molar-refractivity contribution >= 4 is 23.4 Å². The SMILES string of the molecule is COCc1nc(Cl)cc(Sc2ccccc2F)n1. The Bertz CT molecular complexity index is 553. The van der Waals surface area contributed by atoms with Crippen LogP contribution in [0.15, 0.2) is 40.3 Å². The monoisotopic (exact) mass is 284 g/mol. The summed E-state index contributed by atoms with van der Waals surface area (Å²) in [6.45, 7) is 0.269. The number of nitrogens with zero attached hydrogens (tertiary/aromatic N) is 2. The molecule has 3 nitrogen and oxygen atoms in total. The van der Waals surface area contributed by atoms with Gasteiger partial charge in [0.1, 0.15) is 22.6 Å². The molecule has 0 saturated carbocycles. The summed E-state index contributed by atoms with van der Waals surface area (Å²) in [5.41, 5.74) is 0. The molecular weight excluding hydrogens is 275 g/mol. The zero-order chi connectivity index (χ0) is 13.0. The van der Waals surface area contributed by atoms with Gasteiger partial charge in [0, 0.05) is 18.1 Å². The van der Waals surface area contributed by atoms with Crippen LogP contribution in [0, 0.1) is 5.82 Å². The summed E-state index contributed by atoms with van der Waals surface area (Å²) in [6.07, 6.45) is 0. The van der Waals surface area contributed by atoms with Crippen molar-refractivity contribution in [2.75, 3.05) is 7.11 Å². The number of hydrogen-bond acceptors (Lipinski definition) is 4. The molecular formula is C12H10ClFN2OS. The summed E-state index contributed by atoms with van der Waals surface area (Å²) in [5, 5.41) is 0.906. The molecule has 0 N–H and O–H groups in total. The Hall–Kier alpha value is -1.17. The summed E-state index contributed by atoms with van der Waals surface area (Å²) < 4.78 is 18.4. The van der Waals surface area contributed by atoms with Crippen molar-refractivity contribution in [3.05, 3.63) is 47.1 Å². The van der Waals surface area contributed by atoms with E-state index in [-0.39, 0.29) is 12.4 Å². The molecule has 2 aromatic rings. The Balaban J connectivity index is 2.26. The van der Waals surface area contributed by atoms with E-state index >= 15 is 0 Å². The average molecular weight is 285 g/mol. The Labute approximate surface area is 113 Å². The van der Waals surface area contributed by atoms with Gasteiger partial charge in [-0.1, -0.05) is 35.5 Å². The van der Waals surface area contributed by atoms with Crippen LogP contribution >= 0.6 is 23.4 Å². The normalized spacial score (nSPS) is 10.6. The molecule has 94 valence electrons. The Kier molecular flexibility index (Phi) is 4.52. The number of aromatic nitrogens is 2. The van der Waals surface area contributed by atoms with E-state index in [2.05, 4.69) is 9.97 Å². The number of methoxy groups -OCH3 is 1. The first kappa shape index (κ1) is 13.3. The predicted molar refractivity (Wildman–Crippen MR) is 68.3 cm³/mol. The maximum atomic E-state index is 13.5. The highest BCUT2D eigenvalue weighted by Gasteiger charge is 2.07. The van der Waals surface area contributed by atoms with Crippen molar-refractivity contribution in [3.63, 3.8) is 0 Å². The molecule has 0 saturated heterocycles. The lowest BCUT2D eigenvalue weighted by atomic mass is 10.3. The van der Waals surface area contributed by atoms with Gasteiger partial charge in [-0.25, -0.2) is 14.4 Å². The fraction of sp³-hybridized carbons (Fsp3) is 0.167. The van der Waals surface area contributed by atoms with Crippen molar-refractivity contribution in [2.45, 2.75) is 16.5 Å². The molecule has 0 atom stereocenters. The topological polar surface area (TPSA) is 35.0 Å².